The van der Waals surface area contributed by atoms with Gasteiger partial charge in [-0.15, -0.1) is 0 Å². The van der Waals surface area contributed by atoms with Gasteiger partial charge < -0.3 is 10.1 Å². The summed E-state index contributed by atoms with van der Waals surface area (Å²) in [4.78, 5) is 0. The molecule has 0 spiro atoms. The van der Waals surface area contributed by atoms with Crippen LogP contribution in [0.25, 0.3) is 0 Å². The Labute approximate surface area is 63.0 Å². The van der Waals surface area contributed by atoms with E-state index in [1.54, 1.807) is 0 Å². The number of rotatable bonds is 2. The Balaban J connectivity index is 2.25. The number of nitrogens with one attached hydrogen (secondary N) is 1. The van der Waals surface area contributed by atoms with Crippen molar-refractivity contribution >= 4 is 0 Å². The van der Waals surface area contributed by atoms with E-state index in [1.807, 2.05) is 0 Å². The van der Waals surface area contributed by atoms with Crippen LogP contribution in [-0.4, -0.2) is 25.8 Å². The summed E-state index contributed by atoms with van der Waals surface area (Å²) in [6.07, 6.45) is 1.68. The first-order valence-corrected chi connectivity index (χ1v) is 4.17. The fourth-order valence-corrected chi connectivity index (χ4v) is 1.45. The van der Waals surface area contributed by atoms with Crippen LogP contribution in [0.4, 0.5) is 0 Å². The lowest BCUT2D eigenvalue weighted by Gasteiger charge is -2.28. The van der Waals surface area contributed by atoms with Crippen LogP contribution in [0.15, 0.2) is 0 Å². The Morgan fingerprint density at radius 1 is 1.60 bits per heavy atom. The van der Waals surface area contributed by atoms with Crippen LogP contribution in [0.1, 0.15) is 20.3 Å². The average Bonchev–Trinajstić information content (AvgIpc) is 1.94. The lowest BCUT2D eigenvalue weighted by Crippen LogP contribution is -2.39. The van der Waals surface area contributed by atoms with Crippen molar-refractivity contribution in [2.24, 2.45) is 5.92 Å². The normalized spacial score (nSPS) is 34.2. The zero-order valence-electron chi connectivity index (χ0n) is 6.89. The van der Waals surface area contributed by atoms with Gasteiger partial charge in [-0.2, -0.15) is 0 Å². The third kappa shape index (κ3) is 1.96. The molecule has 1 heterocycles. The highest BCUT2D eigenvalue weighted by atomic mass is 16.5. The molecule has 10 heavy (non-hydrogen) atoms. The quantitative estimate of drug-likeness (QED) is 0.623. The highest BCUT2D eigenvalue weighted by Crippen LogP contribution is 2.13. The molecule has 0 aromatic carbocycles. The second-order valence-electron chi connectivity index (χ2n) is 2.96. The number of ether oxygens (including phenoxy) is 1. The van der Waals surface area contributed by atoms with Crippen LogP contribution in [0.3, 0.4) is 0 Å². The van der Waals surface area contributed by atoms with Crippen molar-refractivity contribution in [1.82, 2.24) is 5.32 Å². The fourth-order valence-electron chi connectivity index (χ4n) is 1.45. The third-order valence-corrected chi connectivity index (χ3v) is 2.09. The molecule has 1 aliphatic heterocycles. The van der Waals surface area contributed by atoms with E-state index in [0.717, 1.165) is 19.7 Å². The topological polar surface area (TPSA) is 21.3 Å². The van der Waals surface area contributed by atoms with E-state index in [-0.39, 0.29) is 0 Å². The molecule has 0 amide bonds. The summed E-state index contributed by atoms with van der Waals surface area (Å²) in [5, 5.41) is 3.34. The van der Waals surface area contributed by atoms with Crippen LogP contribution in [0, 0.1) is 5.92 Å². The van der Waals surface area contributed by atoms with Gasteiger partial charge in [0.05, 0.1) is 6.10 Å². The molecule has 1 rings (SSSR count). The molecule has 2 atom stereocenters. The van der Waals surface area contributed by atoms with Crippen molar-refractivity contribution < 1.29 is 4.74 Å². The maximum absolute atomic E-state index is 5.56. The van der Waals surface area contributed by atoms with Crippen molar-refractivity contribution in [3.63, 3.8) is 0 Å². The molecular formula is C8H17NO. The van der Waals surface area contributed by atoms with E-state index >= 15 is 0 Å². The van der Waals surface area contributed by atoms with Crippen molar-refractivity contribution in [2.45, 2.75) is 26.4 Å². The Morgan fingerprint density at radius 2 is 2.40 bits per heavy atom. The summed E-state index contributed by atoms with van der Waals surface area (Å²) in [7, 11) is 0. The second-order valence-corrected chi connectivity index (χ2v) is 2.96. The smallest absolute Gasteiger partial charge is 0.0624 e. The molecule has 0 bridgehead atoms. The van der Waals surface area contributed by atoms with Gasteiger partial charge in [-0.3, -0.25) is 0 Å². The van der Waals surface area contributed by atoms with Crippen LogP contribution in [0.5, 0.6) is 0 Å². The van der Waals surface area contributed by atoms with Gasteiger partial charge in [0.1, 0.15) is 0 Å². The lowest BCUT2D eigenvalue weighted by molar-refractivity contribution is 0.00817. The van der Waals surface area contributed by atoms with E-state index in [4.69, 9.17) is 4.74 Å². The summed E-state index contributed by atoms with van der Waals surface area (Å²) in [6, 6.07) is 0. The van der Waals surface area contributed by atoms with Crippen LogP contribution in [-0.2, 0) is 4.74 Å². The Morgan fingerprint density at radius 3 is 3.00 bits per heavy atom. The number of hydrogen-bond acceptors (Lipinski definition) is 2. The van der Waals surface area contributed by atoms with Gasteiger partial charge in [-0.25, -0.2) is 0 Å². The second kappa shape index (κ2) is 3.94. The maximum atomic E-state index is 5.56. The largest absolute Gasteiger partial charge is 0.378 e. The Hall–Kier alpha value is -0.0800. The zero-order chi connectivity index (χ0) is 7.40. The number of hydrogen-bond donors (Lipinski definition) is 1. The predicted octanol–water partition coefficient (Wildman–Crippen LogP) is 1.02. The van der Waals surface area contributed by atoms with Gasteiger partial charge >= 0.3 is 0 Å². The van der Waals surface area contributed by atoms with Crippen molar-refractivity contribution in [2.75, 3.05) is 19.7 Å². The number of piperidine rings is 1. The van der Waals surface area contributed by atoms with E-state index in [0.29, 0.717) is 12.0 Å². The minimum Gasteiger partial charge on any atom is -0.378 e. The SMILES string of the molecule is CCO[C@@H]1CCNC[C@@H]1C. The highest BCUT2D eigenvalue weighted by Gasteiger charge is 2.20. The summed E-state index contributed by atoms with van der Waals surface area (Å²) in [6.45, 7) is 7.40. The molecule has 0 aromatic heterocycles. The van der Waals surface area contributed by atoms with Gasteiger partial charge in [-0.05, 0) is 25.8 Å². The van der Waals surface area contributed by atoms with Crippen LogP contribution in [0.2, 0.25) is 0 Å². The predicted molar refractivity (Wildman–Crippen MR) is 42.1 cm³/mol. The molecule has 2 heteroatoms. The zero-order valence-corrected chi connectivity index (χ0v) is 6.89. The fraction of sp³-hybridized carbons (Fsp3) is 1.00. The van der Waals surface area contributed by atoms with Gasteiger partial charge in [0.2, 0.25) is 0 Å². The molecule has 60 valence electrons. The molecule has 0 radical (unpaired) electrons. The standard InChI is InChI=1S/C8H17NO/c1-3-10-8-4-5-9-6-7(8)2/h7-9H,3-6H2,1-2H3/t7-,8+/m0/s1. The molecule has 0 unspecified atom stereocenters. The summed E-state index contributed by atoms with van der Waals surface area (Å²) in [5.41, 5.74) is 0. The molecule has 1 aliphatic rings. The van der Waals surface area contributed by atoms with Crippen molar-refractivity contribution in [3.8, 4) is 0 Å². The molecular weight excluding hydrogens is 126 g/mol. The van der Waals surface area contributed by atoms with Gasteiger partial charge in [-0.1, -0.05) is 6.92 Å². The Bertz CT molecular complexity index is 93.3. The van der Waals surface area contributed by atoms with Gasteiger partial charge in [0, 0.05) is 13.2 Å². The van der Waals surface area contributed by atoms with E-state index < -0.39 is 0 Å². The Kier molecular flexibility index (Phi) is 3.16. The van der Waals surface area contributed by atoms with Crippen molar-refractivity contribution in [3.05, 3.63) is 0 Å². The van der Waals surface area contributed by atoms with E-state index in [1.165, 1.54) is 6.42 Å². The van der Waals surface area contributed by atoms with Crippen LogP contribution >= 0.6 is 0 Å². The minimum absolute atomic E-state index is 0.506. The third-order valence-electron chi connectivity index (χ3n) is 2.09. The van der Waals surface area contributed by atoms with Gasteiger partial charge in [0.15, 0.2) is 0 Å². The molecule has 1 N–H and O–H groups in total. The summed E-state index contributed by atoms with van der Waals surface area (Å²) >= 11 is 0. The van der Waals surface area contributed by atoms with Crippen molar-refractivity contribution in [1.29, 1.82) is 0 Å². The first kappa shape index (κ1) is 8.02. The molecule has 1 saturated heterocycles. The lowest BCUT2D eigenvalue weighted by atomic mass is 9.98. The molecule has 0 aromatic rings. The molecule has 2 nitrogen and oxygen atoms in total. The average molecular weight is 143 g/mol. The van der Waals surface area contributed by atoms with Crippen LogP contribution < -0.4 is 5.32 Å². The summed E-state index contributed by atoms with van der Waals surface area (Å²) in [5.74, 6) is 0.689. The van der Waals surface area contributed by atoms with Gasteiger partial charge in [0.25, 0.3) is 0 Å². The molecule has 0 saturated carbocycles. The highest BCUT2D eigenvalue weighted by molar-refractivity contribution is 4.74. The first-order valence-electron chi connectivity index (χ1n) is 4.17. The maximum Gasteiger partial charge on any atom is 0.0624 e. The minimum atomic E-state index is 0.506. The molecule has 1 fully saturated rings. The molecule has 0 aliphatic carbocycles. The monoisotopic (exact) mass is 143 g/mol. The van der Waals surface area contributed by atoms with E-state index in [9.17, 15) is 0 Å². The van der Waals surface area contributed by atoms with E-state index in [2.05, 4.69) is 19.2 Å². The summed E-state index contributed by atoms with van der Waals surface area (Å²) < 4.78 is 5.56. The first-order chi connectivity index (χ1) is 4.84.